The molecule has 0 radical (unpaired) electrons. The van der Waals surface area contributed by atoms with Crippen molar-refractivity contribution >= 4 is 46.5 Å². The van der Waals surface area contributed by atoms with Crippen LogP contribution >= 0.6 is 11.6 Å². The van der Waals surface area contributed by atoms with Crippen LogP contribution in [0.1, 0.15) is 5.56 Å². The van der Waals surface area contributed by atoms with Crippen LogP contribution < -0.4 is 20.4 Å². The Morgan fingerprint density at radius 2 is 1.58 bits per heavy atom. The number of para-hydroxylation sites is 2. The van der Waals surface area contributed by atoms with Crippen LogP contribution in [0.4, 0.5) is 21.9 Å². The first kappa shape index (κ1) is 23.8. The Hall–Kier alpha value is -3.84. The summed E-state index contributed by atoms with van der Waals surface area (Å²) in [4.78, 5) is 41.0. The maximum absolute atomic E-state index is 13.1. The van der Waals surface area contributed by atoms with Crippen molar-refractivity contribution in [1.82, 2.24) is 5.32 Å². The van der Waals surface area contributed by atoms with Crippen molar-refractivity contribution in [3.63, 3.8) is 0 Å². The molecule has 8 heteroatoms. The number of nitrogens with one attached hydrogen (secondary N) is 2. The lowest BCUT2D eigenvalue weighted by Gasteiger charge is -2.26. The molecule has 2 N–H and O–H groups in total. The van der Waals surface area contributed by atoms with Gasteiger partial charge in [0.1, 0.15) is 6.54 Å². The average molecular weight is 465 g/mol. The van der Waals surface area contributed by atoms with Gasteiger partial charge in [-0.1, -0.05) is 54.1 Å². The Morgan fingerprint density at radius 3 is 2.27 bits per heavy atom. The van der Waals surface area contributed by atoms with Gasteiger partial charge in [0.15, 0.2) is 0 Å². The summed E-state index contributed by atoms with van der Waals surface area (Å²) in [6.07, 6.45) is 0. The van der Waals surface area contributed by atoms with Gasteiger partial charge >= 0.3 is 6.03 Å². The lowest BCUT2D eigenvalue weighted by atomic mass is 10.2. The maximum atomic E-state index is 13.1. The van der Waals surface area contributed by atoms with Gasteiger partial charge in [0.05, 0.1) is 17.3 Å². The lowest BCUT2D eigenvalue weighted by molar-refractivity contribution is -0.121. The molecule has 0 aromatic heterocycles. The third-order valence-corrected chi connectivity index (χ3v) is 5.25. The first-order valence-corrected chi connectivity index (χ1v) is 10.7. The zero-order valence-corrected chi connectivity index (χ0v) is 19.2. The van der Waals surface area contributed by atoms with Crippen molar-refractivity contribution in [3.05, 3.63) is 89.4 Å². The van der Waals surface area contributed by atoms with E-state index in [0.717, 1.165) is 5.56 Å². The van der Waals surface area contributed by atoms with Crippen LogP contribution in [-0.4, -0.2) is 38.0 Å². The number of rotatable bonds is 7. The van der Waals surface area contributed by atoms with Gasteiger partial charge in [-0.05, 0) is 48.9 Å². The van der Waals surface area contributed by atoms with Crippen molar-refractivity contribution in [3.8, 4) is 0 Å². The van der Waals surface area contributed by atoms with E-state index in [4.69, 9.17) is 11.6 Å². The van der Waals surface area contributed by atoms with Crippen molar-refractivity contribution in [2.24, 2.45) is 0 Å². The highest BCUT2D eigenvalue weighted by atomic mass is 35.5. The molecule has 3 aromatic carbocycles. The zero-order valence-electron chi connectivity index (χ0n) is 18.4. The van der Waals surface area contributed by atoms with Crippen LogP contribution in [0.25, 0.3) is 0 Å². The Morgan fingerprint density at radius 1 is 0.879 bits per heavy atom. The fourth-order valence-corrected chi connectivity index (χ4v) is 3.40. The average Bonchev–Trinajstić information content (AvgIpc) is 2.81. The van der Waals surface area contributed by atoms with E-state index in [-0.39, 0.29) is 19.0 Å². The summed E-state index contributed by atoms with van der Waals surface area (Å²) in [6, 6.07) is 22.6. The molecule has 3 rings (SSSR count). The second kappa shape index (κ2) is 11.2. The van der Waals surface area contributed by atoms with E-state index < -0.39 is 11.9 Å². The first-order chi connectivity index (χ1) is 15.8. The summed E-state index contributed by atoms with van der Waals surface area (Å²) in [5.74, 6) is -0.781. The summed E-state index contributed by atoms with van der Waals surface area (Å²) in [7, 11) is 1.64. The quantitative estimate of drug-likeness (QED) is 0.541. The number of urea groups is 1. The molecule has 0 aliphatic heterocycles. The molecular weight excluding hydrogens is 440 g/mol. The highest BCUT2D eigenvalue weighted by Gasteiger charge is 2.24. The molecule has 7 nitrogen and oxygen atoms in total. The predicted octanol–water partition coefficient (Wildman–Crippen LogP) is 4.47. The smallest absolute Gasteiger partial charge is 0.319 e. The second-order valence-electron chi connectivity index (χ2n) is 7.40. The second-order valence-corrected chi connectivity index (χ2v) is 7.80. The van der Waals surface area contributed by atoms with E-state index in [0.29, 0.717) is 22.1 Å². The Labute approximate surface area is 198 Å². The number of carbonyl (C=O) groups is 3. The summed E-state index contributed by atoms with van der Waals surface area (Å²) in [5, 5.41) is 5.56. The number of amides is 4. The van der Waals surface area contributed by atoms with Crippen LogP contribution in [0, 0.1) is 6.92 Å². The fourth-order valence-electron chi connectivity index (χ4n) is 3.16. The number of hydrogen-bond donors (Lipinski definition) is 2. The number of anilines is 3. The van der Waals surface area contributed by atoms with Gasteiger partial charge in [0.2, 0.25) is 11.8 Å². The van der Waals surface area contributed by atoms with Crippen LogP contribution in [0.5, 0.6) is 0 Å². The molecule has 0 fully saturated rings. The van der Waals surface area contributed by atoms with Gasteiger partial charge in [-0.15, -0.1) is 0 Å². The molecule has 4 amide bonds. The highest BCUT2D eigenvalue weighted by Crippen LogP contribution is 2.25. The van der Waals surface area contributed by atoms with Crippen LogP contribution in [-0.2, 0) is 9.59 Å². The van der Waals surface area contributed by atoms with Gasteiger partial charge in [-0.2, -0.15) is 0 Å². The minimum absolute atomic E-state index is 0.241. The third kappa shape index (κ3) is 6.57. The Bertz CT molecular complexity index is 1140. The van der Waals surface area contributed by atoms with Crippen LogP contribution in [0.2, 0.25) is 5.02 Å². The molecule has 3 aromatic rings. The molecule has 0 atom stereocenters. The van der Waals surface area contributed by atoms with E-state index in [9.17, 15) is 14.4 Å². The van der Waals surface area contributed by atoms with Gasteiger partial charge in [-0.3, -0.25) is 14.5 Å². The molecule has 0 bridgehead atoms. The number of halogens is 1. The Balaban J connectivity index is 1.71. The van der Waals surface area contributed by atoms with E-state index in [1.54, 1.807) is 49.5 Å². The lowest BCUT2D eigenvalue weighted by Crippen LogP contribution is -2.46. The monoisotopic (exact) mass is 464 g/mol. The number of nitrogens with zero attached hydrogens (tertiary/aromatic N) is 2. The molecule has 0 aliphatic carbocycles. The number of likely N-dealkylation sites (N-methyl/N-ethyl adjacent to an activating group) is 1. The van der Waals surface area contributed by atoms with Crippen molar-refractivity contribution < 1.29 is 14.4 Å². The molecule has 0 aliphatic rings. The summed E-state index contributed by atoms with van der Waals surface area (Å²) in [5.41, 5.74) is 2.70. The first-order valence-electron chi connectivity index (χ1n) is 10.3. The number of carbonyl (C=O) groups excluding carboxylic acids is 3. The summed E-state index contributed by atoms with van der Waals surface area (Å²) >= 11 is 6.31. The maximum Gasteiger partial charge on any atom is 0.319 e. The summed E-state index contributed by atoms with van der Waals surface area (Å²) in [6.45, 7) is 1.36. The number of benzene rings is 3. The van der Waals surface area contributed by atoms with Crippen molar-refractivity contribution in [2.45, 2.75) is 6.92 Å². The van der Waals surface area contributed by atoms with Crippen LogP contribution in [0.3, 0.4) is 0 Å². The topological polar surface area (TPSA) is 81.8 Å². The van der Waals surface area contributed by atoms with Gasteiger partial charge in [-0.25, -0.2) is 4.79 Å². The number of aryl methyl sites for hydroxylation is 1. The molecule has 0 unspecified atom stereocenters. The summed E-state index contributed by atoms with van der Waals surface area (Å²) < 4.78 is 0. The minimum atomic E-state index is -0.527. The largest absolute Gasteiger partial charge is 0.329 e. The molecule has 170 valence electrons. The van der Waals surface area contributed by atoms with Gasteiger partial charge < -0.3 is 15.5 Å². The van der Waals surface area contributed by atoms with Crippen LogP contribution in [0.15, 0.2) is 78.9 Å². The SMILES string of the molecule is Cc1cccc(NC(=O)NCC(=O)N(CC(=O)N(C)c2ccccc2)c2ccccc2Cl)c1. The minimum Gasteiger partial charge on any atom is -0.329 e. The van der Waals surface area contributed by atoms with E-state index in [1.807, 2.05) is 43.3 Å². The van der Waals surface area contributed by atoms with Crippen molar-refractivity contribution in [2.75, 3.05) is 35.3 Å². The molecule has 0 spiro atoms. The number of hydrogen-bond acceptors (Lipinski definition) is 3. The highest BCUT2D eigenvalue weighted by molar-refractivity contribution is 6.34. The molecule has 33 heavy (non-hydrogen) atoms. The molecule has 0 saturated heterocycles. The molecular formula is C25H25ClN4O3. The molecule has 0 saturated carbocycles. The van der Waals surface area contributed by atoms with E-state index >= 15 is 0 Å². The van der Waals surface area contributed by atoms with E-state index in [1.165, 1.54) is 9.80 Å². The normalized spacial score (nSPS) is 10.3. The van der Waals surface area contributed by atoms with Crippen molar-refractivity contribution in [1.29, 1.82) is 0 Å². The fraction of sp³-hybridized carbons (Fsp3) is 0.160. The Kier molecular flexibility index (Phi) is 8.05. The van der Waals surface area contributed by atoms with E-state index in [2.05, 4.69) is 10.6 Å². The zero-order chi connectivity index (χ0) is 23.8. The molecule has 0 heterocycles. The van der Waals surface area contributed by atoms with Gasteiger partial charge in [0, 0.05) is 18.4 Å². The standard InChI is InChI=1S/C25H25ClN4O3/c1-18-9-8-10-19(15-18)28-25(33)27-16-23(31)30(22-14-7-6-13-21(22)26)17-24(32)29(2)20-11-4-3-5-12-20/h3-15H,16-17H2,1-2H3,(H2,27,28,33). The van der Waals surface area contributed by atoms with Gasteiger partial charge in [0.25, 0.3) is 0 Å². The third-order valence-electron chi connectivity index (χ3n) is 4.93. The predicted molar refractivity (Wildman–Crippen MR) is 132 cm³/mol.